The Bertz CT molecular complexity index is 197. The molecule has 0 bridgehead atoms. The summed E-state index contributed by atoms with van der Waals surface area (Å²) in [5.74, 6) is -0.339. The van der Waals surface area contributed by atoms with Gasteiger partial charge in [0.25, 0.3) is 0 Å². The van der Waals surface area contributed by atoms with E-state index in [1.165, 1.54) is 4.90 Å². The van der Waals surface area contributed by atoms with Gasteiger partial charge in [-0.15, -0.1) is 0 Å². The van der Waals surface area contributed by atoms with Crippen LogP contribution in [0.2, 0.25) is 0 Å². The SMILES string of the molecule is N#C[C@@H]1CCCN1C(=O)CO. The molecule has 1 heterocycles. The maximum Gasteiger partial charge on any atom is 0.249 e. The molecule has 1 aliphatic rings. The summed E-state index contributed by atoms with van der Waals surface area (Å²) in [5, 5.41) is 17.1. The number of likely N-dealkylation sites (tertiary alicyclic amines) is 1. The van der Waals surface area contributed by atoms with E-state index in [0.717, 1.165) is 12.8 Å². The predicted molar refractivity (Wildman–Crippen MR) is 37.4 cm³/mol. The van der Waals surface area contributed by atoms with Gasteiger partial charge in [-0.2, -0.15) is 5.26 Å². The van der Waals surface area contributed by atoms with Crippen LogP contribution in [0.5, 0.6) is 0 Å². The van der Waals surface area contributed by atoms with Crippen molar-refractivity contribution in [3.63, 3.8) is 0 Å². The zero-order valence-corrected chi connectivity index (χ0v) is 6.16. The van der Waals surface area contributed by atoms with Gasteiger partial charge in [-0.3, -0.25) is 4.79 Å². The number of carbonyl (C=O) groups excluding carboxylic acids is 1. The molecule has 0 aliphatic carbocycles. The van der Waals surface area contributed by atoms with E-state index in [1.807, 2.05) is 6.07 Å². The van der Waals surface area contributed by atoms with E-state index in [4.69, 9.17) is 10.4 Å². The van der Waals surface area contributed by atoms with Crippen molar-refractivity contribution in [2.75, 3.05) is 13.2 Å². The van der Waals surface area contributed by atoms with Crippen LogP contribution in [0.4, 0.5) is 0 Å². The fourth-order valence-electron chi connectivity index (χ4n) is 1.29. The highest BCUT2D eigenvalue weighted by molar-refractivity contribution is 5.78. The van der Waals surface area contributed by atoms with Gasteiger partial charge in [-0.25, -0.2) is 0 Å². The second-order valence-electron chi connectivity index (χ2n) is 2.53. The summed E-state index contributed by atoms with van der Waals surface area (Å²) in [6.07, 6.45) is 1.60. The number of hydrogen-bond donors (Lipinski definition) is 1. The standard InChI is InChI=1S/C7H10N2O2/c8-4-6-2-1-3-9(6)7(11)5-10/h6,10H,1-3,5H2/t6-/m0/s1. The van der Waals surface area contributed by atoms with Gasteiger partial charge in [-0.05, 0) is 12.8 Å². The lowest BCUT2D eigenvalue weighted by Crippen LogP contribution is -2.36. The molecule has 0 radical (unpaired) electrons. The Balaban J connectivity index is 2.58. The highest BCUT2D eigenvalue weighted by Crippen LogP contribution is 2.15. The average molecular weight is 154 g/mol. The van der Waals surface area contributed by atoms with Gasteiger partial charge in [0.1, 0.15) is 12.6 Å². The second-order valence-corrected chi connectivity index (χ2v) is 2.53. The Labute approximate surface area is 65.0 Å². The molecule has 0 aromatic carbocycles. The summed E-state index contributed by atoms with van der Waals surface area (Å²) >= 11 is 0. The lowest BCUT2D eigenvalue weighted by molar-refractivity contribution is -0.134. The molecule has 1 aliphatic heterocycles. The smallest absolute Gasteiger partial charge is 0.249 e. The molecule has 11 heavy (non-hydrogen) atoms. The second kappa shape index (κ2) is 3.35. The van der Waals surface area contributed by atoms with Crippen LogP contribution in [0.15, 0.2) is 0 Å². The van der Waals surface area contributed by atoms with Crippen LogP contribution in [0.25, 0.3) is 0 Å². The third-order valence-corrected chi connectivity index (χ3v) is 1.86. The van der Waals surface area contributed by atoms with Gasteiger partial charge in [0, 0.05) is 6.54 Å². The minimum atomic E-state index is -0.488. The van der Waals surface area contributed by atoms with Crippen molar-refractivity contribution in [3.05, 3.63) is 0 Å². The van der Waals surface area contributed by atoms with Gasteiger partial charge in [0.15, 0.2) is 0 Å². The summed E-state index contributed by atoms with van der Waals surface area (Å²) < 4.78 is 0. The highest BCUT2D eigenvalue weighted by Gasteiger charge is 2.27. The Kier molecular flexibility index (Phi) is 2.44. The Hall–Kier alpha value is -1.08. The molecule has 0 saturated carbocycles. The van der Waals surface area contributed by atoms with Crippen molar-refractivity contribution in [3.8, 4) is 6.07 Å². The minimum Gasteiger partial charge on any atom is -0.387 e. The normalized spacial score (nSPS) is 23.3. The molecule has 1 atom stereocenters. The van der Waals surface area contributed by atoms with E-state index in [-0.39, 0.29) is 11.9 Å². The topological polar surface area (TPSA) is 64.3 Å². The highest BCUT2D eigenvalue weighted by atomic mass is 16.3. The first kappa shape index (κ1) is 8.02. The Morgan fingerprint density at radius 1 is 1.82 bits per heavy atom. The van der Waals surface area contributed by atoms with Crippen molar-refractivity contribution in [1.29, 1.82) is 5.26 Å². The van der Waals surface area contributed by atoms with Crippen LogP contribution in [0.3, 0.4) is 0 Å². The van der Waals surface area contributed by atoms with Gasteiger partial charge in [0.2, 0.25) is 5.91 Å². The molecule has 4 nitrogen and oxygen atoms in total. The number of aliphatic hydroxyl groups is 1. The molecule has 1 saturated heterocycles. The quantitative estimate of drug-likeness (QED) is 0.553. The molecule has 1 amide bonds. The molecule has 1 fully saturated rings. The first-order valence-electron chi connectivity index (χ1n) is 3.59. The molecule has 0 aromatic heterocycles. The van der Waals surface area contributed by atoms with E-state index >= 15 is 0 Å². The Morgan fingerprint density at radius 3 is 3.09 bits per heavy atom. The summed E-state index contributed by atoms with van der Waals surface area (Å²) in [6, 6.07) is 1.71. The van der Waals surface area contributed by atoms with Crippen molar-refractivity contribution in [2.24, 2.45) is 0 Å². The predicted octanol–water partition coefficient (Wildman–Crippen LogP) is -0.507. The first-order valence-corrected chi connectivity index (χ1v) is 3.59. The van der Waals surface area contributed by atoms with Crippen molar-refractivity contribution in [1.82, 2.24) is 4.90 Å². The molecule has 4 heteroatoms. The molecule has 1 N–H and O–H groups in total. The number of aliphatic hydroxyl groups excluding tert-OH is 1. The first-order chi connectivity index (χ1) is 5.29. The van der Waals surface area contributed by atoms with Crippen molar-refractivity contribution >= 4 is 5.91 Å². The van der Waals surface area contributed by atoms with Crippen LogP contribution in [-0.2, 0) is 4.79 Å². The largest absolute Gasteiger partial charge is 0.387 e. The summed E-state index contributed by atoms with van der Waals surface area (Å²) in [4.78, 5) is 12.3. The van der Waals surface area contributed by atoms with E-state index in [1.54, 1.807) is 0 Å². The molecule has 60 valence electrons. The lowest BCUT2D eigenvalue weighted by atomic mass is 10.2. The monoisotopic (exact) mass is 154 g/mol. The van der Waals surface area contributed by atoms with Crippen molar-refractivity contribution in [2.45, 2.75) is 18.9 Å². The number of carbonyl (C=O) groups is 1. The van der Waals surface area contributed by atoms with Crippen LogP contribution >= 0.6 is 0 Å². The number of amides is 1. The number of nitriles is 1. The molecule has 0 unspecified atom stereocenters. The Morgan fingerprint density at radius 2 is 2.55 bits per heavy atom. The number of hydrogen-bond acceptors (Lipinski definition) is 3. The zero-order valence-electron chi connectivity index (χ0n) is 6.16. The summed E-state index contributed by atoms with van der Waals surface area (Å²) in [6.45, 7) is 0.121. The van der Waals surface area contributed by atoms with E-state index in [9.17, 15) is 4.79 Å². The van der Waals surface area contributed by atoms with Gasteiger partial charge in [-0.1, -0.05) is 0 Å². The van der Waals surface area contributed by atoms with Crippen LogP contribution < -0.4 is 0 Å². The summed E-state index contributed by atoms with van der Waals surface area (Å²) in [5.41, 5.74) is 0. The molecule has 0 spiro atoms. The fraction of sp³-hybridized carbons (Fsp3) is 0.714. The lowest BCUT2D eigenvalue weighted by Gasteiger charge is -2.17. The third kappa shape index (κ3) is 1.49. The average Bonchev–Trinajstić information content (AvgIpc) is 2.50. The zero-order chi connectivity index (χ0) is 8.27. The fourth-order valence-corrected chi connectivity index (χ4v) is 1.29. The third-order valence-electron chi connectivity index (χ3n) is 1.86. The minimum absolute atomic E-state index is 0.311. The molecule has 0 aromatic rings. The van der Waals surface area contributed by atoms with Crippen LogP contribution in [-0.4, -0.2) is 35.1 Å². The van der Waals surface area contributed by atoms with E-state index in [0.29, 0.717) is 6.54 Å². The van der Waals surface area contributed by atoms with E-state index < -0.39 is 6.61 Å². The maximum absolute atomic E-state index is 10.9. The van der Waals surface area contributed by atoms with E-state index in [2.05, 4.69) is 0 Å². The number of rotatable bonds is 1. The maximum atomic E-state index is 10.9. The summed E-state index contributed by atoms with van der Waals surface area (Å²) in [7, 11) is 0. The van der Waals surface area contributed by atoms with Gasteiger partial charge >= 0.3 is 0 Å². The number of nitrogens with zero attached hydrogens (tertiary/aromatic N) is 2. The molecule has 1 rings (SSSR count). The van der Waals surface area contributed by atoms with Gasteiger partial charge < -0.3 is 10.0 Å². The van der Waals surface area contributed by atoms with Gasteiger partial charge in [0.05, 0.1) is 6.07 Å². The van der Waals surface area contributed by atoms with Crippen LogP contribution in [0.1, 0.15) is 12.8 Å². The van der Waals surface area contributed by atoms with Crippen molar-refractivity contribution < 1.29 is 9.90 Å². The molecular formula is C7H10N2O2. The van der Waals surface area contributed by atoms with Crippen LogP contribution in [0, 0.1) is 11.3 Å². The molecular weight excluding hydrogens is 144 g/mol.